The van der Waals surface area contributed by atoms with Crippen LogP contribution < -0.4 is 10.1 Å². The van der Waals surface area contributed by atoms with E-state index in [1.807, 2.05) is 31.2 Å². The molecule has 0 aliphatic rings. The lowest BCUT2D eigenvalue weighted by Crippen LogP contribution is -2.31. The Balaban J connectivity index is 1.92. The molecular weight excluding hydrogens is 308 g/mol. The number of nitrogens with one attached hydrogen (secondary N) is 1. The van der Waals surface area contributed by atoms with Crippen LogP contribution in [0.1, 0.15) is 31.0 Å². The number of para-hydroxylation sites is 2. The smallest absolute Gasteiger partial charge is 0.310 e. The average molecular weight is 328 g/mol. The van der Waals surface area contributed by atoms with Crippen LogP contribution in [0.4, 0.5) is 5.69 Å². The molecule has 24 heavy (non-hydrogen) atoms. The molecule has 1 N–H and O–H groups in total. The van der Waals surface area contributed by atoms with Crippen molar-refractivity contribution in [3.8, 4) is 5.75 Å². The Morgan fingerprint density at radius 3 is 2.50 bits per heavy atom. The summed E-state index contributed by atoms with van der Waals surface area (Å²) >= 11 is 0. The Labute approximate surface area is 140 Å². The summed E-state index contributed by atoms with van der Waals surface area (Å²) in [5.41, 5.74) is 2.07. The highest BCUT2D eigenvalue weighted by Crippen LogP contribution is 2.25. The molecule has 0 saturated heterocycles. The highest BCUT2D eigenvalue weighted by atomic mass is 16.6. The largest absolute Gasteiger partial charge is 0.477 e. The molecule has 2 rings (SSSR count). The number of carbonyl (C=O) groups is 1. The zero-order chi connectivity index (χ0) is 17.5. The van der Waals surface area contributed by atoms with Gasteiger partial charge in [0.15, 0.2) is 12.4 Å². The molecule has 0 heterocycles. The van der Waals surface area contributed by atoms with E-state index in [9.17, 15) is 14.9 Å². The molecule has 0 saturated carbocycles. The highest BCUT2D eigenvalue weighted by molar-refractivity contribution is 5.78. The second-order valence-corrected chi connectivity index (χ2v) is 5.40. The predicted molar refractivity (Wildman–Crippen MR) is 91.0 cm³/mol. The van der Waals surface area contributed by atoms with Crippen molar-refractivity contribution in [2.45, 2.75) is 26.3 Å². The van der Waals surface area contributed by atoms with Gasteiger partial charge in [-0.3, -0.25) is 14.9 Å². The number of nitro benzene ring substituents is 1. The lowest BCUT2D eigenvalue weighted by atomic mass is 10.1. The molecule has 0 aliphatic heterocycles. The van der Waals surface area contributed by atoms with Crippen LogP contribution in [0.5, 0.6) is 5.75 Å². The first-order chi connectivity index (χ1) is 11.5. The third-order valence-electron chi connectivity index (χ3n) is 3.69. The maximum atomic E-state index is 12.0. The number of nitro groups is 1. The number of aryl methyl sites for hydroxylation is 1. The second kappa shape index (κ2) is 8.10. The van der Waals surface area contributed by atoms with Gasteiger partial charge in [0.05, 0.1) is 11.0 Å². The van der Waals surface area contributed by atoms with Crippen molar-refractivity contribution in [3.05, 3.63) is 69.8 Å². The van der Waals surface area contributed by atoms with Crippen molar-refractivity contribution in [1.82, 2.24) is 5.32 Å². The number of nitrogens with zero attached hydrogens (tertiary/aromatic N) is 1. The van der Waals surface area contributed by atoms with E-state index in [2.05, 4.69) is 12.2 Å². The minimum absolute atomic E-state index is 0.0811. The molecule has 0 aromatic heterocycles. The van der Waals surface area contributed by atoms with Crippen LogP contribution in [-0.4, -0.2) is 17.4 Å². The van der Waals surface area contributed by atoms with Gasteiger partial charge in [0, 0.05) is 6.07 Å². The second-order valence-electron chi connectivity index (χ2n) is 5.40. The van der Waals surface area contributed by atoms with E-state index in [0.717, 1.165) is 12.0 Å². The first kappa shape index (κ1) is 17.5. The lowest BCUT2D eigenvalue weighted by Gasteiger charge is -2.15. The van der Waals surface area contributed by atoms with Crippen LogP contribution in [0.3, 0.4) is 0 Å². The summed E-state index contributed by atoms with van der Waals surface area (Å²) in [5.74, 6) is -0.252. The van der Waals surface area contributed by atoms with Crippen molar-refractivity contribution >= 4 is 11.6 Å². The number of ether oxygens (including phenoxy) is 1. The Kier molecular flexibility index (Phi) is 5.89. The Hall–Kier alpha value is -2.89. The number of benzene rings is 2. The third-order valence-corrected chi connectivity index (χ3v) is 3.69. The highest BCUT2D eigenvalue weighted by Gasteiger charge is 2.16. The number of hydrogen-bond donors (Lipinski definition) is 1. The average Bonchev–Trinajstić information content (AvgIpc) is 2.60. The fraction of sp³-hybridized carbons (Fsp3) is 0.278. The van der Waals surface area contributed by atoms with E-state index >= 15 is 0 Å². The molecule has 0 fully saturated rings. The molecule has 0 spiro atoms. The molecule has 1 unspecified atom stereocenters. The van der Waals surface area contributed by atoms with E-state index in [1.165, 1.54) is 17.7 Å². The van der Waals surface area contributed by atoms with Gasteiger partial charge in [0.1, 0.15) is 0 Å². The van der Waals surface area contributed by atoms with Gasteiger partial charge >= 0.3 is 5.69 Å². The van der Waals surface area contributed by atoms with Crippen LogP contribution in [0.25, 0.3) is 0 Å². The summed E-state index contributed by atoms with van der Waals surface area (Å²) in [6.45, 7) is 3.69. The summed E-state index contributed by atoms with van der Waals surface area (Å²) in [5, 5.41) is 13.7. The van der Waals surface area contributed by atoms with Gasteiger partial charge in [-0.2, -0.15) is 0 Å². The van der Waals surface area contributed by atoms with E-state index in [-0.39, 0.29) is 30.0 Å². The zero-order valence-corrected chi connectivity index (χ0v) is 13.7. The van der Waals surface area contributed by atoms with Crippen LogP contribution in [0, 0.1) is 10.1 Å². The molecular formula is C18H20N2O4. The van der Waals surface area contributed by atoms with Gasteiger partial charge in [0.2, 0.25) is 0 Å². The normalized spacial score (nSPS) is 11.6. The molecule has 6 nitrogen and oxygen atoms in total. The van der Waals surface area contributed by atoms with E-state index in [4.69, 9.17) is 4.74 Å². The van der Waals surface area contributed by atoms with Crippen molar-refractivity contribution in [2.24, 2.45) is 0 Å². The Bertz CT molecular complexity index is 713. The molecule has 126 valence electrons. The van der Waals surface area contributed by atoms with E-state index < -0.39 is 4.92 Å². The number of hydrogen-bond acceptors (Lipinski definition) is 4. The maximum Gasteiger partial charge on any atom is 0.310 e. The maximum absolute atomic E-state index is 12.0. The summed E-state index contributed by atoms with van der Waals surface area (Å²) in [6, 6.07) is 13.8. The summed E-state index contributed by atoms with van der Waals surface area (Å²) in [6.07, 6.45) is 0.963. The molecule has 2 aromatic carbocycles. The fourth-order valence-corrected chi connectivity index (χ4v) is 2.28. The zero-order valence-electron chi connectivity index (χ0n) is 13.7. The number of carbonyl (C=O) groups excluding carboxylic acids is 1. The van der Waals surface area contributed by atoms with Crippen molar-refractivity contribution < 1.29 is 14.5 Å². The van der Waals surface area contributed by atoms with Crippen LogP contribution in [0.15, 0.2) is 48.5 Å². The summed E-state index contributed by atoms with van der Waals surface area (Å²) in [4.78, 5) is 22.4. The minimum Gasteiger partial charge on any atom is -0.477 e. The topological polar surface area (TPSA) is 81.5 Å². The molecule has 0 aliphatic carbocycles. The standard InChI is InChI=1S/C18H20N2O4/c1-3-14-8-10-15(11-9-14)13(2)19-18(21)12-24-17-7-5-4-6-16(17)20(22)23/h4-11,13H,3,12H2,1-2H3,(H,19,21). The van der Waals surface area contributed by atoms with Crippen LogP contribution >= 0.6 is 0 Å². The monoisotopic (exact) mass is 328 g/mol. The van der Waals surface area contributed by atoms with Crippen LogP contribution in [0.2, 0.25) is 0 Å². The van der Waals surface area contributed by atoms with E-state index in [0.29, 0.717) is 0 Å². The lowest BCUT2D eigenvalue weighted by molar-refractivity contribution is -0.385. The van der Waals surface area contributed by atoms with Crippen molar-refractivity contribution in [3.63, 3.8) is 0 Å². The summed E-state index contributed by atoms with van der Waals surface area (Å²) in [7, 11) is 0. The van der Waals surface area contributed by atoms with E-state index in [1.54, 1.807) is 12.1 Å². The molecule has 2 aromatic rings. The SMILES string of the molecule is CCc1ccc(C(C)NC(=O)COc2ccccc2[N+](=O)[O-])cc1. The van der Waals surface area contributed by atoms with Crippen LogP contribution in [-0.2, 0) is 11.2 Å². The predicted octanol–water partition coefficient (Wildman–Crippen LogP) is 3.41. The van der Waals surface area contributed by atoms with Gasteiger partial charge in [-0.05, 0) is 30.5 Å². The number of rotatable bonds is 7. The molecule has 1 amide bonds. The van der Waals surface area contributed by atoms with Gasteiger partial charge in [-0.1, -0.05) is 43.3 Å². The summed E-state index contributed by atoms with van der Waals surface area (Å²) < 4.78 is 5.28. The first-order valence-electron chi connectivity index (χ1n) is 7.75. The fourth-order valence-electron chi connectivity index (χ4n) is 2.28. The van der Waals surface area contributed by atoms with Crippen molar-refractivity contribution in [1.29, 1.82) is 0 Å². The molecule has 1 atom stereocenters. The number of amides is 1. The van der Waals surface area contributed by atoms with Gasteiger partial charge in [0.25, 0.3) is 5.91 Å². The third kappa shape index (κ3) is 4.55. The van der Waals surface area contributed by atoms with Gasteiger partial charge in [-0.15, -0.1) is 0 Å². The van der Waals surface area contributed by atoms with Gasteiger partial charge < -0.3 is 10.1 Å². The quantitative estimate of drug-likeness (QED) is 0.624. The molecule has 0 bridgehead atoms. The molecule has 0 radical (unpaired) electrons. The van der Waals surface area contributed by atoms with Crippen molar-refractivity contribution in [2.75, 3.05) is 6.61 Å². The van der Waals surface area contributed by atoms with Gasteiger partial charge in [-0.25, -0.2) is 0 Å². The Morgan fingerprint density at radius 1 is 1.21 bits per heavy atom. The molecule has 6 heteroatoms. The first-order valence-corrected chi connectivity index (χ1v) is 7.75. The minimum atomic E-state index is -0.537. The Morgan fingerprint density at radius 2 is 1.88 bits per heavy atom.